The van der Waals surface area contributed by atoms with Crippen molar-refractivity contribution in [3.8, 4) is 11.5 Å². The summed E-state index contributed by atoms with van der Waals surface area (Å²) in [5, 5.41) is 0. The van der Waals surface area contributed by atoms with Crippen LogP contribution in [0.4, 0.5) is 0 Å². The molecular formula is C13H15NO3. The third-order valence-electron chi connectivity index (χ3n) is 3.36. The standard InChI is InChI=1S/C13H15NO3/c1-2-16-11-6-12-10(5-13(15)17-12)8-3-7(14)4-9(8)11/h6-7H,2-5,14H2,1H3. The molecule has 2 N–H and O–H groups in total. The van der Waals surface area contributed by atoms with Crippen LogP contribution in [-0.2, 0) is 24.1 Å². The number of benzene rings is 1. The average Bonchev–Trinajstić information content (AvgIpc) is 2.81. The van der Waals surface area contributed by atoms with Crippen molar-refractivity contribution in [1.82, 2.24) is 0 Å². The van der Waals surface area contributed by atoms with Crippen molar-refractivity contribution in [2.24, 2.45) is 5.73 Å². The van der Waals surface area contributed by atoms with Crippen LogP contribution in [0.25, 0.3) is 0 Å². The van der Waals surface area contributed by atoms with Crippen molar-refractivity contribution in [3.05, 3.63) is 22.8 Å². The number of hydrogen-bond donors (Lipinski definition) is 1. The zero-order valence-electron chi connectivity index (χ0n) is 9.79. The molecule has 2 aliphatic rings. The van der Waals surface area contributed by atoms with Crippen LogP contribution >= 0.6 is 0 Å². The van der Waals surface area contributed by atoms with Crippen molar-refractivity contribution < 1.29 is 14.3 Å². The van der Waals surface area contributed by atoms with E-state index in [4.69, 9.17) is 15.2 Å². The first kappa shape index (κ1) is 10.6. The molecule has 0 saturated heterocycles. The van der Waals surface area contributed by atoms with Gasteiger partial charge in [-0.25, -0.2) is 0 Å². The Bertz CT molecular complexity index is 496. The molecule has 1 atom stereocenters. The van der Waals surface area contributed by atoms with E-state index in [2.05, 4.69) is 0 Å². The predicted octanol–water partition coefficient (Wildman–Crippen LogP) is 0.973. The summed E-state index contributed by atoms with van der Waals surface area (Å²) in [4.78, 5) is 11.4. The molecule has 0 saturated carbocycles. The molecule has 1 aliphatic heterocycles. The van der Waals surface area contributed by atoms with E-state index in [0.717, 1.165) is 29.7 Å². The second-order valence-corrected chi connectivity index (χ2v) is 4.56. The van der Waals surface area contributed by atoms with Crippen molar-refractivity contribution in [3.63, 3.8) is 0 Å². The minimum atomic E-state index is -0.184. The van der Waals surface area contributed by atoms with E-state index >= 15 is 0 Å². The largest absolute Gasteiger partial charge is 0.493 e. The number of rotatable bonds is 2. The van der Waals surface area contributed by atoms with Crippen molar-refractivity contribution in [1.29, 1.82) is 0 Å². The number of esters is 1. The third kappa shape index (κ3) is 1.60. The molecule has 1 aliphatic carbocycles. The van der Waals surface area contributed by atoms with Gasteiger partial charge in [-0.2, -0.15) is 0 Å². The predicted molar refractivity (Wildman–Crippen MR) is 62.3 cm³/mol. The molecule has 1 aromatic carbocycles. The summed E-state index contributed by atoms with van der Waals surface area (Å²) in [5.74, 6) is 1.30. The molecule has 0 radical (unpaired) electrons. The lowest BCUT2D eigenvalue weighted by atomic mass is 10.0. The SMILES string of the molecule is CCOc1cc2c(c3c1CC(N)C3)CC(=O)O2. The van der Waals surface area contributed by atoms with Crippen LogP contribution in [0, 0.1) is 0 Å². The topological polar surface area (TPSA) is 61.5 Å². The van der Waals surface area contributed by atoms with E-state index in [0.29, 0.717) is 18.8 Å². The van der Waals surface area contributed by atoms with Crippen molar-refractivity contribution in [2.75, 3.05) is 6.61 Å². The number of carbonyl (C=O) groups excluding carboxylic acids is 1. The van der Waals surface area contributed by atoms with Gasteiger partial charge in [-0.3, -0.25) is 4.79 Å². The van der Waals surface area contributed by atoms with E-state index in [9.17, 15) is 4.79 Å². The molecule has 0 amide bonds. The van der Waals surface area contributed by atoms with E-state index < -0.39 is 0 Å². The minimum Gasteiger partial charge on any atom is -0.493 e. The molecule has 17 heavy (non-hydrogen) atoms. The van der Waals surface area contributed by atoms with Crippen LogP contribution in [0.15, 0.2) is 6.07 Å². The Morgan fingerprint density at radius 3 is 2.94 bits per heavy atom. The van der Waals surface area contributed by atoms with Gasteiger partial charge in [0.05, 0.1) is 13.0 Å². The fourth-order valence-corrected chi connectivity index (χ4v) is 2.71. The lowest BCUT2D eigenvalue weighted by Gasteiger charge is -2.11. The maximum atomic E-state index is 11.4. The van der Waals surface area contributed by atoms with Gasteiger partial charge < -0.3 is 15.2 Å². The first-order valence-corrected chi connectivity index (χ1v) is 5.95. The molecule has 1 aromatic rings. The number of fused-ring (bicyclic) bond motifs is 3. The lowest BCUT2D eigenvalue weighted by Crippen LogP contribution is -2.19. The molecule has 0 aromatic heterocycles. The zero-order chi connectivity index (χ0) is 12.0. The van der Waals surface area contributed by atoms with Gasteiger partial charge in [-0.1, -0.05) is 0 Å². The van der Waals surface area contributed by atoms with Crippen LogP contribution in [0.5, 0.6) is 11.5 Å². The van der Waals surface area contributed by atoms with Gasteiger partial charge >= 0.3 is 5.97 Å². The molecule has 90 valence electrons. The van der Waals surface area contributed by atoms with Gasteiger partial charge in [-0.15, -0.1) is 0 Å². The van der Waals surface area contributed by atoms with Crippen LogP contribution in [0.3, 0.4) is 0 Å². The van der Waals surface area contributed by atoms with Gasteiger partial charge in [-0.05, 0) is 30.9 Å². The maximum Gasteiger partial charge on any atom is 0.315 e. The quantitative estimate of drug-likeness (QED) is 0.611. The molecule has 3 rings (SSSR count). The van der Waals surface area contributed by atoms with E-state index in [1.807, 2.05) is 13.0 Å². The summed E-state index contributed by atoms with van der Waals surface area (Å²) in [5.41, 5.74) is 9.35. The summed E-state index contributed by atoms with van der Waals surface area (Å²) >= 11 is 0. The Labute approximate surface area is 99.7 Å². The second kappa shape index (κ2) is 3.74. The molecule has 4 heteroatoms. The van der Waals surface area contributed by atoms with Crippen LogP contribution in [0.2, 0.25) is 0 Å². The zero-order valence-corrected chi connectivity index (χ0v) is 9.79. The molecular weight excluding hydrogens is 218 g/mol. The molecule has 0 fully saturated rings. The minimum absolute atomic E-state index is 0.131. The Balaban J connectivity index is 2.13. The molecule has 0 spiro atoms. The van der Waals surface area contributed by atoms with E-state index in [1.165, 1.54) is 5.56 Å². The first-order valence-electron chi connectivity index (χ1n) is 5.95. The highest BCUT2D eigenvalue weighted by molar-refractivity contribution is 5.83. The van der Waals surface area contributed by atoms with Gasteiger partial charge in [0.25, 0.3) is 0 Å². The number of nitrogens with two attached hydrogens (primary N) is 1. The van der Waals surface area contributed by atoms with E-state index in [-0.39, 0.29) is 12.0 Å². The summed E-state index contributed by atoms with van der Waals surface area (Å²) < 4.78 is 10.8. The molecule has 0 bridgehead atoms. The van der Waals surface area contributed by atoms with Crippen LogP contribution in [0.1, 0.15) is 23.6 Å². The van der Waals surface area contributed by atoms with Gasteiger partial charge in [0, 0.05) is 17.7 Å². The maximum absolute atomic E-state index is 11.4. The number of ether oxygens (including phenoxy) is 2. The summed E-state index contributed by atoms with van der Waals surface area (Å²) in [6, 6.07) is 1.96. The van der Waals surface area contributed by atoms with Crippen molar-refractivity contribution in [2.45, 2.75) is 32.2 Å². The Morgan fingerprint density at radius 1 is 1.41 bits per heavy atom. The van der Waals surface area contributed by atoms with Gasteiger partial charge in [0.1, 0.15) is 11.5 Å². The second-order valence-electron chi connectivity index (χ2n) is 4.56. The molecule has 1 unspecified atom stereocenters. The highest BCUT2D eigenvalue weighted by Crippen LogP contribution is 2.41. The Morgan fingerprint density at radius 2 is 2.18 bits per heavy atom. The monoisotopic (exact) mass is 233 g/mol. The summed E-state index contributed by atoms with van der Waals surface area (Å²) in [7, 11) is 0. The van der Waals surface area contributed by atoms with Gasteiger partial charge in [0.2, 0.25) is 0 Å². The first-order chi connectivity index (χ1) is 8.19. The third-order valence-corrected chi connectivity index (χ3v) is 3.36. The fourth-order valence-electron chi connectivity index (χ4n) is 2.71. The van der Waals surface area contributed by atoms with Gasteiger partial charge in [0.15, 0.2) is 0 Å². The molecule has 4 nitrogen and oxygen atoms in total. The molecule has 1 heterocycles. The number of hydrogen-bond acceptors (Lipinski definition) is 4. The lowest BCUT2D eigenvalue weighted by molar-refractivity contribution is -0.131. The average molecular weight is 233 g/mol. The Hall–Kier alpha value is -1.55. The van der Waals surface area contributed by atoms with Crippen LogP contribution < -0.4 is 15.2 Å². The Kier molecular flexibility index (Phi) is 2.33. The highest BCUT2D eigenvalue weighted by atomic mass is 16.5. The summed E-state index contributed by atoms with van der Waals surface area (Å²) in [6.07, 6.45) is 2.01. The summed E-state index contributed by atoms with van der Waals surface area (Å²) in [6.45, 7) is 2.55. The van der Waals surface area contributed by atoms with Crippen molar-refractivity contribution >= 4 is 5.97 Å². The smallest absolute Gasteiger partial charge is 0.315 e. The normalized spacial score (nSPS) is 21.1. The van der Waals surface area contributed by atoms with E-state index in [1.54, 1.807) is 0 Å². The van der Waals surface area contributed by atoms with Crippen LogP contribution in [-0.4, -0.2) is 18.6 Å². The number of carbonyl (C=O) groups is 1. The highest BCUT2D eigenvalue weighted by Gasteiger charge is 2.32. The fraction of sp³-hybridized carbons (Fsp3) is 0.462.